The first-order valence-corrected chi connectivity index (χ1v) is 9.85. The van der Waals surface area contributed by atoms with E-state index in [1.165, 1.54) is 0 Å². The van der Waals surface area contributed by atoms with Crippen LogP contribution in [0.5, 0.6) is 5.75 Å². The van der Waals surface area contributed by atoms with Crippen LogP contribution in [0.4, 0.5) is 0 Å². The van der Waals surface area contributed by atoms with E-state index >= 15 is 0 Å². The summed E-state index contributed by atoms with van der Waals surface area (Å²) in [7, 11) is 0. The van der Waals surface area contributed by atoms with Crippen LogP contribution in [0.15, 0.2) is 67.1 Å². The van der Waals surface area contributed by atoms with Gasteiger partial charge < -0.3 is 14.4 Å². The standard InChI is InChI=1S/C22H21N5O3/c28-21(25-12-14-29-15-13-25)16-30-19-6-4-17(5-7-19)26-11-10-23-22(26)20-3-1-2-18-8-9-24-27(18)20/h1-11H,12-16H2. The lowest BCUT2D eigenvalue weighted by molar-refractivity contribution is -0.137. The molecule has 30 heavy (non-hydrogen) atoms. The molecule has 8 nitrogen and oxygen atoms in total. The maximum atomic E-state index is 12.2. The number of morpholine rings is 1. The van der Waals surface area contributed by atoms with Gasteiger partial charge in [0, 0.05) is 31.2 Å². The highest BCUT2D eigenvalue weighted by molar-refractivity contribution is 5.77. The Morgan fingerprint density at radius 3 is 2.70 bits per heavy atom. The summed E-state index contributed by atoms with van der Waals surface area (Å²) in [6.45, 7) is 2.43. The van der Waals surface area contributed by atoms with E-state index in [-0.39, 0.29) is 12.5 Å². The van der Waals surface area contributed by atoms with Crippen LogP contribution in [0.3, 0.4) is 0 Å². The number of ether oxygens (including phenoxy) is 2. The zero-order valence-corrected chi connectivity index (χ0v) is 16.3. The number of fused-ring (bicyclic) bond motifs is 1. The molecule has 1 aromatic carbocycles. The van der Waals surface area contributed by atoms with Crippen molar-refractivity contribution in [2.45, 2.75) is 0 Å². The molecule has 1 saturated heterocycles. The summed E-state index contributed by atoms with van der Waals surface area (Å²) < 4.78 is 14.8. The summed E-state index contributed by atoms with van der Waals surface area (Å²) in [5, 5.41) is 4.40. The van der Waals surface area contributed by atoms with Gasteiger partial charge in [-0.25, -0.2) is 9.50 Å². The fourth-order valence-electron chi connectivity index (χ4n) is 3.57. The zero-order valence-electron chi connectivity index (χ0n) is 16.3. The molecule has 0 radical (unpaired) electrons. The SMILES string of the molecule is O=C(COc1ccc(-n2ccnc2-c2cccc3ccnn23)cc1)N1CCOCC1. The Bertz CT molecular complexity index is 1160. The minimum absolute atomic E-state index is 0.0217. The van der Waals surface area contributed by atoms with Crippen molar-refractivity contribution in [2.75, 3.05) is 32.9 Å². The molecule has 0 N–H and O–H groups in total. The molecule has 3 aromatic heterocycles. The molecule has 0 spiro atoms. The van der Waals surface area contributed by atoms with Crippen LogP contribution >= 0.6 is 0 Å². The van der Waals surface area contributed by atoms with Crippen LogP contribution in [0.2, 0.25) is 0 Å². The van der Waals surface area contributed by atoms with Crippen LogP contribution < -0.4 is 4.74 Å². The minimum atomic E-state index is -0.0217. The molecule has 1 amide bonds. The van der Waals surface area contributed by atoms with E-state index in [1.54, 1.807) is 17.3 Å². The number of hydrogen-bond donors (Lipinski definition) is 0. The number of nitrogens with zero attached hydrogens (tertiary/aromatic N) is 5. The predicted molar refractivity (Wildman–Crippen MR) is 111 cm³/mol. The third kappa shape index (κ3) is 3.53. The third-order valence-corrected chi connectivity index (χ3v) is 5.13. The molecular weight excluding hydrogens is 382 g/mol. The molecule has 1 aliphatic rings. The molecular formula is C22H21N5O3. The van der Waals surface area contributed by atoms with Crippen molar-refractivity contribution in [3.63, 3.8) is 0 Å². The van der Waals surface area contributed by atoms with Crippen LogP contribution in [0.25, 0.3) is 22.7 Å². The Morgan fingerprint density at radius 2 is 1.87 bits per heavy atom. The van der Waals surface area contributed by atoms with Gasteiger partial charge in [0.25, 0.3) is 5.91 Å². The quantitative estimate of drug-likeness (QED) is 0.512. The van der Waals surface area contributed by atoms with Crippen LogP contribution in [-0.2, 0) is 9.53 Å². The highest BCUT2D eigenvalue weighted by atomic mass is 16.5. The van der Waals surface area contributed by atoms with E-state index < -0.39 is 0 Å². The number of rotatable bonds is 5. The van der Waals surface area contributed by atoms with Gasteiger partial charge >= 0.3 is 0 Å². The highest BCUT2D eigenvalue weighted by Gasteiger charge is 2.17. The van der Waals surface area contributed by atoms with Crippen LogP contribution in [0, 0.1) is 0 Å². The number of hydrogen-bond acceptors (Lipinski definition) is 5. The van der Waals surface area contributed by atoms with Gasteiger partial charge in [-0.05, 0) is 42.5 Å². The Labute approximate surface area is 173 Å². The Morgan fingerprint density at radius 1 is 1.03 bits per heavy atom. The average Bonchev–Trinajstić information content (AvgIpc) is 3.48. The molecule has 4 aromatic rings. The molecule has 1 fully saturated rings. The van der Waals surface area contributed by atoms with E-state index in [4.69, 9.17) is 9.47 Å². The highest BCUT2D eigenvalue weighted by Crippen LogP contribution is 2.23. The van der Waals surface area contributed by atoms with Gasteiger partial charge in [-0.1, -0.05) is 6.07 Å². The van der Waals surface area contributed by atoms with E-state index in [9.17, 15) is 4.79 Å². The number of carbonyl (C=O) groups is 1. The summed E-state index contributed by atoms with van der Waals surface area (Å²) in [6, 6.07) is 15.6. The van der Waals surface area contributed by atoms with Gasteiger partial charge in [0.2, 0.25) is 0 Å². The van der Waals surface area contributed by atoms with Crippen LogP contribution in [0.1, 0.15) is 0 Å². The predicted octanol–water partition coefficient (Wildman–Crippen LogP) is 2.42. The second kappa shape index (κ2) is 8.00. The fraction of sp³-hybridized carbons (Fsp3) is 0.227. The van der Waals surface area contributed by atoms with Crippen molar-refractivity contribution < 1.29 is 14.3 Å². The summed E-state index contributed by atoms with van der Waals surface area (Å²) in [5.74, 6) is 1.42. The molecule has 8 heteroatoms. The maximum Gasteiger partial charge on any atom is 0.260 e. The van der Waals surface area contributed by atoms with E-state index in [0.717, 1.165) is 22.7 Å². The summed E-state index contributed by atoms with van der Waals surface area (Å²) in [4.78, 5) is 18.5. The second-order valence-corrected chi connectivity index (χ2v) is 6.98. The number of carbonyl (C=O) groups excluding carboxylic acids is 1. The zero-order chi connectivity index (χ0) is 20.3. The normalized spacial score (nSPS) is 14.2. The lowest BCUT2D eigenvalue weighted by atomic mass is 10.2. The van der Waals surface area contributed by atoms with Crippen molar-refractivity contribution in [1.29, 1.82) is 0 Å². The second-order valence-electron chi connectivity index (χ2n) is 6.98. The van der Waals surface area contributed by atoms with Gasteiger partial charge in [0.15, 0.2) is 12.4 Å². The number of benzene rings is 1. The van der Waals surface area contributed by atoms with E-state index in [0.29, 0.717) is 32.1 Å². The smallest absolute Gasteiger partial charge is 0.260 e. The monoisotopic (exact) mass is 403 g/mol. The lowest BCUT2D eigenvalue weighted by Gasteiger charge is -2.26. The van der Waals surface area contributed by atoms with Gasteiger partial charge in [-0.15, -0.1) is 0 Å². The fourth-order valence-corrected chi connectivity index (χ4v) is 3.57. The maximum absolute atomic E-state index is 12.2. The Hall–Kier alpha value is -3.65. The Kier molecular flexibility index (Phi) is 4.90. The van der Waals surface area contributed by atoms with Crippen molar-refractivity contribution >= 4 is 11.4 Å². The van der Waals surface area contributed by atoms with Gasteiger partial charge in [0.1, 0.15) is 11.4 Å². The van der Waals surface area contributed by atoms with Crippen molar-refractivity contribution in [1.82, 2.24) is 24.1 Å². The molecule has 0 bridgehead atoms. The summed E-state index contributed by atoms with van der Waals surface area (Å²) in [6.07, 6.45) is 5.45. The van der Waals surface area contributed by atoms with Gasteiger partial charge in [-0.2, -0.15) is 5.10 Å². The molecule has 0 atom stereocenters. The molecule has 0 saturated carbocycles. The van der Waals surface area contributed by atoms with Crippen LogP contribution in [-0.4, -0.2) is 62.9 Å². The number of pyridine rings is 1. The first kappa shape index (κ1) is 18.4. The van der Waals surface area contributed by atoms with Crippen molar-refractivity contribution in [3.8, 4) is 23.0 Å². The van der Waals surface area contributed by atoms with E-state index in [2.05, 4.69) is 10.1 Å². The van der Waals surface area contributed by atoms with Gasteiger partial charge in [0.05, 0.1) is 24.9 Å². The molecule has 0 unspecified atom stereocenters. The Balaban J connectivity index is 1.33. The first-order valence-electron chi connectivity index (χ1n) is 9.85. The minimum Gasteiger partial charge on any atom is -0.484 e. The molecule has 4 heterocycles. The topological polar surface area (TPSA) is 73.9 Å². The van der Waals surface area contributed by atoms with Crippen molar-refractivity contribution in [3.05, 3.63) is 67.1 Å². The molecule has 5 rings (SSSR count). The first-order chi connectivity index (χ1) is 14.8. The number of amides is 1. The van der Waals surface area contributed by atoms with Gasteiger partial charge in [-0.3, -0.25) is 9.36 Å². The summed E-state index contributed by atoms with van der Waals surface area (Å²) in [5.41, 5.74) is 2.85. The molecule has 152 valence electrons. The third-order valence-electron chi connectivity index (χ3n) is 5.13. The number of imidazole rings is 1. The van der Waals surface area contributed by atoms with Crippen molar-refractivity contribution in [2.24, 2.45) is 0 Å². The molecule has 0 aliphatic carbocycles. The van der Waals surface area contributed by atoms with E-state index in [1.807, 2.05) is 63.8 Å². The lowest BCUT2D eigenvalue weighted by Crippen LogP contribution is -2.42. The average molecular weight is 403 g/mol. The summed E-state index contributed by atoms with van der Waals surface area (Å²) >= 11 is 0. The largest absolute Gasteiger partial charge is 0.484 e. The molecule has 1 aliphatic heterocycles. The number of aromatic nitrogens is 4.